The number of pyridine rings is 1. The molecule has 1 fully saturated rings. The summed E-state index contributed by atoms with van der Waals surface area (Å²) in [6.45, 7) is 0. The van der Waals surface area contributed by atoms with Crippen LogP contribution in [0.5, 0.6) is 0 Å². The number of nitrogens with zero attached hydrogens (tertiary/aromatic N) is 1. The van der Waals surface area contributed by atoms with E-state index in [4.69, 9.17) is 11.6 Å². The Morgan fingerprint density at radius 3 is 2.48 bits per heavy atom. The lowest BCUT2D eigenvalue weighted by Gasteiger charge is -2.25. The second-order valence-corrected chi connectivity index (χ2v) is 6.55. The van der Waals surface area contributed by atoms with E-state index >= 15 is 0 Å². The van der Waals surface area contributed by atoms with Crippen LogP contribution in [0.15, 0.2) is 48.8 Å². The Morgan fingerprint density at radius 2 is 1.83 bits per heavy atom. The highest BCUT2D eigenvalue weighted by atomic mass is 35.5. The van der Waals surface area contributed by atoms with Crippen LogP contribution in [0.2, 0.25) is 5.02 Å². The summed E-state index contributed by atoms with van der Waals surface area (Å²) in [7, 11) is 0. The second kappa shape index (κ2) is 7.60. The monoisotopic (exact) mass is 328 g/mol. The van der Waals surface area contributed by atoms with E-state index in [0.717, 1.165) is 36.8 Å². The number of hydrogen-bond donors (Lipinski definition) is 1. The van der Waals surface area contributed by atoms with Gasteiger partial charge in [0.1, 0.15) is 0 Å². The summed E-state index contributed by atoms with van der Waals surface area (Å²) in [4.78, 5) is 16.9. The molecule has 23 heavy (non-hydrogen) atoms. The molecule has 1 atom stereocenters. The van der Waals surface area contributed by atoms with Crippen molar-refractivity contribution in [3.05, 3.63) is 64.9 Å². The molecule has 2 aromatic rings. The fraction of sp³-hybridized carbons (Fsp3) is 0.368. The summed E-state index contributed by atoms with van der Waals surface area (Å²) in [6, 6.07) is 11.3. The normalized spacial score (nSPS) is 16.7. The van der Waals surface area contributed by atoms with E-state index in [-0.39, 0.29) is 17.9 Å². The first-order valence-corrected chi connectivity index (χ1v) is 8.57. The molecule has 1 aromatic heterocycles. The molecule has 3 rings (SSSR count). The lowest BCUT2D eigenvalue weighted by Crippen LogP contribution is -2.35. The number of carbonyl (C=O) groups is 1. The summed E-state index contributed by atoms with van der Waals surface area (Å²) >= 11 is 5.99. The fourth-order valence-corrected chi connectivity index (χ4v) is 3.31. The van der Waals surface area contributed by atoms with Gasteiger partial charge in [-0.15, -0.1) is 0 Å². The maximum Gasteiger partial charge on any atom is 0.223 e. The van der Waals surface area contributed by atoms with Gasteiger partial charge in [0.05, 0.1) is 6.04 Å². The van der Waals surface area contributed by atoms with Gasteiger partial charge in [-0.2, -0.15) is 0 Å². The molecule has 1 aliphatic carbocycles. The van der Waals surface area contributed by atoms with Gasteiger partial charge in [-0.05, 0) is 42.2 Å². The maximum absolute atomic E-state index is 12.7. The largest absolute Gasteiger partial charge is 0.345 e. The van der Waals surface area contributed by atoms with Gasteiger partial charge in [-0.25, -0.2) is 0 Å². The highest BCUT2D eigenvalue weighted by molar-refractivity contribution is 6.30. The van der Waals surface area contributed by atoms with Crippen molar-refractivity contribution in [1.29, 1.82) is 0 Å². The molecule has 0 radical (unpaired) electrons. The molecule has 0 aliphatic heterocycles. The Bertz CT molecular complexity index is 636. The van der Waals surface area contributed by atoms with Crippen molar-refractivity contribution < 1.29 is 4.79 Å². The number of halogens is 1. The third-order valence-electron chi connectivity index (χ3n) is 4.48. The van der Waals surface area contributed by atoms with Gasteiger partial charge in [0.15, 0.2) is 0 Å². The zero-order chi connectivity index (χ0) is 16.1. The van der Waals surface area contributed by atoms with Crippen molar-refractivity contribution in [2.24, 2.45) is 5.92 Å². The first kappa shape index (κ1) is 16.0. The van der Waals surface area contributed by atoms with Crippen LogP contribution in [-0.4, -0.2) is 10.9 Å². The smallest absolute Gasteiger partial charge is 0.223 e. The number of aromatic nitrogens is 1. The van der Waals surface area contributed by atoms with Crippen LogP contribution in [0.25, 0.3) is 0 Å². The third-order valence-corrected chi connectivity index (χ3v) is 4.74. The number of nitrogens with one attached hydrogen (secondary N) is 1. The molecule has 1 aromatic carbocycles. The summed E-state index contributed by atoms with van der Waals surface area (Å²) in [5.41, 5.74) is 2.01. The topological polar surface area (TPSA) is 42.0 Å². The lowest BCUT2D eigenvalue weighted by molar-refractivity contribution is -0.126. The Balaban J connectivity index is 1.83. The molecular formula is C19H21ClN2O. The fourth-order valence-electron chi connectivity index (χ4n) is 3.19. The molecule has 1 aliphatic rings. The van der Waals surface area contributed by atoms with E-state index in [2.05, 4.69) is 10.3 Å². The number of carbonyl (C=O) groups excluding carboxylic acids is 1. The SMILES string of the molecule is O=C(NC(c1ccc(Cl)cc1)c1cccnc1)C1CCCCC1. The van der Waals surface area contributed by atoms with E-state index in [0.29, 0.717) is 5.02 Å². The number of benzene rings is 1. The van der Waals surface area contributed by atoms with Gasteiger partial charge in [-0.1, -0.05) is 49.1 Å². The van der Waals surface area contributed by atoms with E-state index in [1.807, 2.05) is 36.4 Å². The van der Waals surface area contributed by atoms with Crippen LogP contribution in [0.3, 0.4) is 0 Å². The van der Waals surface area contributed by atoms with Crippen molar-refractivity contribution in [1.82, 2.24) is 10.3 Å². The summed E-state index contributed by atoms with van der Waals surface area (Å²) in [5.74, 6) is 0.281. The van der Waals surface area contributed by atoms with Gasteiger partial charge < -0.3 is 5.32 Å². The molecule has 1 N–H and O–H groups in total. The first-order valence-electron chi connectivity index (χ1n) is 8.20. The van der Waals surface area contributed by atoms with Gasteiger partial charge in [0, 0.05) is 23.3 Å². The molecule has 1 unspecified atom stereocenters. The second-order valence-electron chi connectivity index (χ2n) is 6.11. The zero-order valence-electron chi connectivity index (χ0n) is 13.0. The molecule has 0 saturated heterocycles. The van der Waals surface area contributed by atoms with Crippen molar-refractivity contribution in [2.45, 2.75) is 38.1 Å². The number of rotatable bonds is 4. The van der Waals surface area contributed by atoms with Gasteiger partial charge >= 0.3 is 0 Å². The minimum absolute atomic E-state index is 0.134. The zero-order valence-corrected chi connectivity index (χ0v) is 13.8. The van der Waals surface area contributed by atoms with Crippen LogP contribution < -0.4 is 5.32 Å². The van der Waals surface area contributed by atoms with Crippen molar-refractivity contribution >= 4 is 17.5 Å². The van der Waals surface area contributed by atoms with Gasteiger partial charge in [0.2, 0.25) is 5.91 Å². The highest BCUT2D eigenvalue weighted by Gasteiger charge is 2.24. The average Bonchev–Trinajstić information content (AvgIpc) is 2.62. The van der Waals surface area contributed by atoms with Gasteiger partial charge in [-0.3, -0.25) is 9.78 Å². The van der Waals surface area contributed by atoms with E-state index < -0.39 is 0 Å². The maximum atomic E-state index is 12.7. The van der Waals surface area contributed by atoms with E-state index in [1.54, 1.807) is 12.4 Å². The third kappa shape index (κ3) is 4.11. The summed E-state index contributed by atoms with van der Waals surface area (Å²) in [6.07, 6.45) is 9.07. The molecule has 1 amide bonds. The molecule has 4 heteroatoms. The number of amides is 1. The Kier molecular flexibility index (Phi) is 5.29. The predicted molar refractivity (Wildman–Crippen MR) is 92.2 cm³/mol. The van der Waals surface area contributed by atoms with Crippen LogP contribution >= 0.6 is 11.6 Å². The molecule has 1 heterocycles. The van der Waals surface area contributed by atoms with E-state index in [1.165, 1.54) is 6.42 Å². The van der Waals surface area contributed by atoms with Crippen molar-refractivity contribution in [3.63, 3.8) is 0 Å². The molecule has 3 nitrogen and oxygen atoms in total. The van der Waals surface area contributed by atoms with Crippen LogP contribution in [0.1, 0.15) is 49.3 Å². The molecular weight excluding hydrogens is 308 g/mol. The molecule has 0 bridgehead atoms. The average molecular weight is 329 g/mol. The molecule has 120 valence electrons. The van der Waals surface area contributed by atoms with Crippen LogP contribution in [0.4, 0.5) is 0 Å². The first-order chi connectivity index (χ1) is 11.2. The standard InChI is InChI=1S/C19H21ClN2O/c20-17-10-8-14(9-11-17)18(16-7-4-12-21-13-16)22-19(23)15-5-2-1-3-6-15/h4,7-13,15,18H,1-3,5-6H2,(H,22,23). The minimum atomic E-state index is -0.185. The Morgan fingerprint density at radius 1 is 1.09 bits per heavy atom. The van der Waals surface area contributed by atoms with Crippen LogP contribution in [0, 0.1) is 5.92 Å². The summed E-state index contributed by atoms with van der Waals surface area (Å²) < 4.78 is 0. The Labute approximate surface area is 142 Å². The van der Waals surface area contributed by atoms with Gasteiger partial charge in [0.25, 0.3) is 0 Å². The Hall–Kier alpha value is -1.87. The van der Waals surface area contributed by atoms with Crippen molar-refractivity contribution in [3.8, 4) is 0 Å². The summed E-state index contributed by atoms with van der Waals surface area (Å²) in [5, 5.41) is 3.91. The van der Waals surface area contributed by atoms with Crippen LogP contribution in [-0.2, 0) is 4.79 Å². The quantitative estimate of drug-likeness (QED) is 0.896. The lowest BCUT2D eigenvalue weighted by atomic mass is 9.88. The highest BCUT2D eigenvalue weighted by Crippen LogP contribution is 2.27. The van der Waals surface area contributed by atoms with E-state index in [9.17, 15) is 4.79 Å². The molecule has 1 saturated carbocycles. The number of hydrogen-bond acceptors (Lipinski definition) is 2. The molecule has 0 spiro atoms. The van der Waals surface area contributed by atoms with Crippen molar-refractivity contribution in [2.75, 3.05) is 0 Å². The predicted octanol–water partition coefficient (Wildman–Crippen LogP) is 4.52. The minimum Gasteiger partial charge on any atom is -0.345 e.